The summed E-state index contributed by atoms with van der Waals surface area (Å²) in [5.74, 6) is 0.327. The smallest absolute Gasteiger partial charge is 0.209 e. The minimum Gasteiger partial charge on any atom is -0.364 e. The van der Waals surface area contributed by atoms with Gasteiger partial charge in [0.15, 0.2) is 11.4 Å². The van der Waals surface area contributed by atoms with Gasteiger partial charge in [0.2, 0.25) is 5.95 Å². The molecule has 0 saturated carbocycles. The molecule has 0 fully saturated rings. The number of nitrogens with one attached hydrogen (secondary N) is 1. The first-order valence-electron chi connectivity index (χ1n) is 7.55. The van der Waals surface area contributed by atoms with Crippen molar-refractivity contribution in [1.82, 2.24) is 14.5 Å². The lowest BCUT2D eigenvalue weighted by molar-refractivity contribution is -0.0768. The number of halogens is 1. The molecule has 0 aliphatic rings. The maximum atomic E-state index is 13.3. The molecule has 128 valence electrons. The molecule has 25 heavy (non-hydrogen) atoms. The molecule has 8 heteroatoms. The minimum atomic E-state index is -0.984. The van der Waals surface area contributed by atoms with Crippen molar-refractivity contribution in [1.29, 1.82) is 0 Å². The van der Waals surface area contributed by atoms with E-state index in [1.165, 1.54) is 30.6 Å². The number of benzene rings is 2. The molecule has 2 heterocycles. The van der Waals surface area contributed by atoms with E-state index in [4.69, 9.17) is 4.74 Å². The van der Waals surface area contributed by atoms with Crippen LogP contribution in [0.25, 0.3) is 21.3 Å². The molecule has 0 aliphatic carbocycles. The average Bonchev–Trinajstić information content (AvgIpc) is 3.14. The van der Waals surface area contributed by atoms with Crippen LogP contribution in [0.3, 0.4) is 0 Å². The molecule has 2 aromatic carbocycles. The highest BCUT2D eigenvalue weighted by Gasteiger charge is 2.13. The molecule has 1 unspecified atom stereocenters. The predicted octanol–water partition coefficient (Wildman–Crippen LogP) is 3.70. The summed E-state index contributed by atoms with van der Waals surface area (Å²) in [5, 5.41) is 13.6. The van der Waals surface area contributed by atoms with Crippen LogP contribution >= 0.6 is 11.3 Å². The number of aliphatic hydroxyl groups is 1. The molecule has 1 atom stereocenters. The minimum absolute atomic E-state index is 0.283. The number of thiazole rings is 1. The molecule has 0 bridgehead atoms. The number of nitrogens with zero attached hydrogens (tertiary/aromatic N) is 3. The number of fused-ring (bicyclic) bond motifs is 2. The topological polar surface area (TPSA) is 72.2 Å². The number of hydrogen-bond donors (Lipinski definition) is 2. The van der Waals surface area contributed by atoms with Crippen molar-refractivity contribution in [2.45, 2.75) is 6.29 Å². The number of rotatable bonds is 4. The second kappa shape index (κ2) is 6.07. The number of hydrogen-bond acceptors (Lipinski definition) is 6. The molecule has 6 nitrogen and oxygen atoms in total. The Morgan fingerprint density at radius 2 is 2.04 bits per heavy atom. The summed E-state index contributed by atoms with van der Waals surface area (Å²) in [7, 11) is 3.33. The highest BCUT2D eigenvalue weighted by Crippen LogP contribution is 2.30. The van der Waals surface area contributed by atoms with E-state index in [1.807, 2.05) is 17.7 Å². The van der Waals surface area contributed by atoms with E-state index in [1.54, 1.807) is 18.2 Å². The summed E-state index contributed by atoms with van der Waals surface area (Å²) >= 11 is 1.36. The molecule has 0 saturated heterocycles. The Balaban J connectivity index is 1.71. The van der Waals surface area contributed by atoms with Crippen molar-refractivity contribution >= 4 is 43.7 Å². The van der Waals surface area contributed by atoms with Crippen molar-refractivity contribution in [3.8, 4) is 0 Å². The van der Waals surface area contributed by atoms with Gasteiger partial charge in [-0.3, -0.25) is 0 Å². The lowest BCUT2D eigenvalue weighted by Crippen LogP contribution is -1.99. The summed E-state index contributed by atoms with van der Waals surface area (Å²) in [4.78, 5) is 9.00. The Hall–Kier alpha value is -2.55. The number of anilines is 2. The zero-order valence-electron chi connectivity index (χ0n) is 13.5. The van der Waals surface area contributed by atoms with Crippen LogP contribution < -0.4 is 5.32 Å². The Bertz CT molecular complexity index is 1080. The number of imidazole rings is 1. The van der Waals surface area contributed by atoms with Gasteiger partial charge in [0.05, 0.1) is 21.3 Å². The molecule has 2 N–H and O–H groups in total. The van der Waals surface area contributed by atoms with E-state index in [9.17, 15) is 9.50 Å². The Kier molecular flexibility index (Phi) is 3.87. The zero-order chi connectivity index (χ0) is 17.6. The van der Waals surface area contributed by atoms with Gasteiger partial charge in [-0.1, -0.05) is 17.4 Å². The third kappa shape index (κ3) is 2.84. The fourth-order valence-electron chi connectivity index (χ4n) is 2.67. The molecule has 0 radical (unpaired) electrons. The van der Waals surface area contributed by atoms with Gasteiger partial charge in [-0.2, -0.15) is 0 Å². The summed E-state index contributed by atoms with van der Waals surface area (Å²) in [6.07, 6.45) is -0.984. The third-order valence-electron chi connectivity index (χ3n) is 3.98. The number of ether oxygens (including phenoxy) is 1. The van der Waals surface area contributed by atoms with E-state index < -0.39 is 6.29 Å². The lowest BCUT2D eigenvalue weighted by atomic mass is 10.2. The first-order valence-corrected chi connectivity index (χ1v) is 8.37. The second-order valence-corrected chi connectivity index (χ2v) is 6.62. The number of aromatic nitrogens is 3. The molecule has 0 aliphatic heterocycles. The molecule has 4 aromatic rings. The Morgan fingerprint density at radius 3 is 2.84 bits per heavy atom. The monoisotopic (exact) mass is 358 g/mol. The Labute approximate surface area is 146 Å². The molecular formula is C17H15FN4O2S. The molecule has 2 aromatic heterocycles. The quantitative estimate of drug-likeness (QED) is 0.544. The van der Waals surface area contributed by atoms with Gasteiger partial charge < -0.3 is 19.7 Å². The maximum absolute atomic E-state index is 13.3. The van der Waals surface area contributed by atoms with Gasteiger partial charge in [-0.25, -0.2) is 14.4 Å². The fourth-order valence-corrected chi connectivity index (χ4v) is 3.55. The van der Waals surface area contributed by atoms with Gasteiger partial charge in [0.25, 0.3) is 0 Å². The van der Waals surface area contributed by atoms with Gasteiger partial charge in [0, 0.05) is 19.7 Å². The fraction of sp³-hybridized carbons (Fsp3) is 0.176. The molecule has 0 spiro atoms. The SMILES string of the molecule is COC(O)c1ccc2c(c1)nc(Nc1nc3ccc(F)cc3s1)n2C. The van der Waals surface area contributed by atoms with Crippen LogP contribution in [0.15, 0.2) is 36.4 Å². The largest absolute Gasteiger partial charge is 0.364 e. The highest BCUT2D eigenvalue weighted by atomic mass is 32.1. The zero-order valence-corrected chi connectivity index (χ0v) is 14.3. The standard InChI is InChI=1S/C17H15FN4O2S/c1-22-13-6-3-9(15(23)24-2)7-12(13)19-16(22)21-17-20-11-5-4-10(18)8-14(11)25-17/h3-8,15,23H,1-2H3,(H,19,20,21). The summed E-state index contributed by atoms with van der Waals surface area (Å²) in [6, 6.07) is 9.96. The van der Waals surface area contributed by atoms with Gasteiger partial charge in [0.1, 0.15) is 5.82 Å². The molecule has 4 rings (SSSR count). The van der Waals surface area contributed by atoms with Crippen LogP contribution in [-0.4, -0.2) is 26.8 Å². The van der Waals surface area contributed by atoms with Crippen LogP contribution in [0.4, 0.5) is 15.5 Å². The van der Waals surface area contributed by atoms with Crippen molar-refractivity contribution in [3.63, 3.8) is 0 Å². The Morgan fingerprint density at radius 1 is 1.20 bits per heavy atom. The average molecular weight is 358 g/mol. The normalized spacial score (nSPS) is 12.8. The summed E-state index contributed by atoms with van der Waals surface area (Å²) < 4.78 is 20.9. The van der Waals surface area contributed by atoms with Crippen molar-refractivity contribution in [3.05, 3.63) is 47.8 Å². The van der Waals surface area contributed by atoms with E-state index >= 15 is 0 Å². The number of methoxy groups -OCH3 is 1. The van der Waals surface area contributed by atoms with E-state index in [-0.39, 0.29) is 5.82 Å². The van der Waals surface area contributed by atoms with Crippen LogP contribution in [0, 0.1) is 5.82 Å². The second-order valence-electron chi connectivity index (χ2n) is 5.59. The van der Waals surface area contributed by atoms with Gasteiger partial charge in [-0.05, 0) is 30.3 Å². The van der Waals surface area contributed by atoms with Gasteiger partial charge >= 0.3 is 0 Å². The molecular weight excluding hydrogens is 343 g/mol. The highest BCUT2D eigenvalue weighted by molar-refractivity contribution is 7.22. The summed E-state index contributed by atoms with van der Waals surface area (Å²) in [5.41, 5.74) is 3.00. The van der Waals surface area contributed by atoms with Crippen molar-refractivity contribution < 1.29 is 14.2 Å². The lowest BCUT2D eigenvalue weighted by Gasteiger charge is -2.08. The van der Waals surface area contributed by atoms with Crippen LogP contribution in [0.5, 0.6) is 0 Å². The van der Waals surface area contributed by atoms with Gasteiger partial charge in [-0.15, -0.1) is 0 Å². The van der Waals surface area contributed by atoms with E-state index in [2.05, 4.69) is 15.3 Å². The van der Waals surface area contributed by atoms with Crippen LogP contribution in [0.1, 0.15) is 11.9 Å². The van der Waals surface area contributed by atoms with E-state index in [0.717, 1.165) is 21.3 Å². The predicted molar refractivity (Wildman–Crippen MR) is 95.5 cm³/mol. The first kappa shape index (κ1) is 15.9. The third-order valence-corrected chi connectivity index (χ3v) is 4.92. The maximum Gasteiger partial charge on any atom is 0.209 e. The van der Waals surface area contributed by atoms with Crippen LogP contribution in [0.2, 0.25) is 0 Å². The van der Waals surface area contributed by atoms with Crippen molar-refractivity contribution in [2.24, 2.45) is 7.05 Å². The van der Waals surface area contributed by atoms with Crippen molar-refractivity contribution in [2.75, 3.05) is 12.4 Å². The molecule has 0 amide bonds. The first-order chi connectivity index (χ1) is 12.0. The number of aryl methyl sites for hydroxylation is 1. The van der Waals surface area contributed by atoms with Crippen LogP contribution in [-0.2, 0) is 11.8 Å². The van der Waals surface area contributed by atoms with E-state index in [0.29, 0.717) is 16.6 Å². The number of aliphatic hydroxyl groups excluding tert-OH is 1. The summed E-state index contributed by atoms with van der Waals surface area (Å²) in [6.45, 7) is 0.